The number of nitrogens with zero attached hydrogens (tertiary/aromatic N) is 1. The number of carbonyl (C=O) groups is 1. The number of aromatic nitrogens is 1. The topological polar surface area (TPSA) is 42.0 Å². The van der Waals surface area contributed by atoms with Crippen molar-refractivity contribution in [3.05, 3.63) is 65.2 Å². The molecule has 1 N–H and O–H groups in total. The van der Waals surface area contributed by atoms with Gasteiger partial charge in [-0.1, -0.05) is 24.3 Å². The number of benzene rings is 1. The smallest absolute Gasteiger partial charge is 0.249 e. The zero-order valence-electron chi connectivity index (χ0n) is 11.5. The van der Waals surface area contributed by atoms with Crippen molar-refractivity contribution >= 4 is 39.2 Å². The van der Waals surface area contributed by atoms with E-state index in [0.717, 1.165) is 4.88 Å². The number of fused-ring (bicyclic) bond motifs is 1. The quantitative estimate of drug-likeness (QED) is 0.733. The Labute approximate surface area is 127 Å². The molecule has 2 heterocycles. The van der Waals surface area contributed by atoms with Crippen LogP contribution in [0.25, 0.3) is 16.2 Å². The highest BCUT2D eigenvalue weighted by atomic mass is 32.1. The molecule has 0 unspecified atom stereocenters. The summed E-state index contributed by atoms with van der Waals surface area (Å²) in [5.74, 6) is 0.380. The lowest BCUT2D eigenvalue weighted by molar-refractivity contribution is -0.111. The number of aryl methyl sites for hydroxylation is 1. The lowest BCUT2D eigenvalue weighted by atomic mass is 10.1. The van der Waals surface area contributed by atoms with Crippen molar-refractivity contribution in [1.29, 1.82) is 0 Å². The fourth-order valence-electron chi connectivity index (χ4n) is 2.11. The first-order valence-corrected chi connectivity index (χ1v) is 7.44. The first kappa shape index (κ1) is 13.5. The van der Waals surface area contributed by atoms with Crippen LogP contribution < -0.4 is 5.32 Å². The predicted octanol–water partition coefficient (Wildman–Crippen LogP) is 4.26. The van der Waals surface area contributed by atoms with Gasteiger partial charge < -0.3 is 5.32 Å². The normalized spacial score (nSPS) is 11.1. The molecule has 1 aromatic carbocycles. The van der Waals surface area contributed by atoms with Crippen molar-refractivity contribution in [1.82, 2.24) is 4.98 Å². The SMILES string of the molecule is Cc1c(C=CC(=O)Nc2ccccn2)sc2ccccc12. The van der Waals surface area contributed by atoms with Gasteiger partial charge in [-0.15, -0.1) is 11.3 Å². The maximum Gasteiger partial charge on any atom is 0.249 e. The van der Waals surface area contributed by atoms with Crippen molar-refractivity contribution in [3.63, 3.8) is 0 Å². The van der Waals surface area contributed by atoms with Crippen LogP contribution in [0.5, 0.6) is 0 Å². The molecule has 104 valence electrons. The predicted molar refractivity (Wildman–Crippen MR) is 88.5 cm³/mol. The molecule has 3 nitrogen and oxygen atoms in total. The molecular weight excluding hydrogens is 280 g/mol. The Morgan fingerprint density at radius 1 is 1.19 bits per heavy atom. The van der Waals surface area contributed by atoms with E-state index < -0.39 is 0 Å². The summed E-state index contributed by atoms with van der Waals surface area (Å²) in [5, 5.41) is 3.98. The molecule has 1 amide bonds. The highest BCUT2D eigenvalue weighted by Gasteiger charge is 2.05. The van der Waals surface area contributed by atoms with Gasteiger partial charge in [0, 0.05) is 21.8 Å². The molecule has 0 fully saturated rings. The summed E-state index contributed by atoms with van der Waals surface area (Å²) in [6, 6.07) is 13.7. The zero-order chi connectivity index (χ0) is 14.7. The van der Waals surface area contributed by atoms with Crippen LogP contribution in [0.3, 0.4) is 0 Å². The monoisotopic (exact) mass is 294 g/mol. The van der Waals surface area contributed by atoms with Crippen molar-refractivity contribution in [3.8, 4) is 0 Å². The maximum atomic E-state index is 11.9. The molecule has 0 aliphatic rings. The second kappa shape index (κ2) is 5.89. The van der Waals surface area contributed by atoms with E-state index in [9.17, 15) is 4.79 Å². The van der Waals surface area contributed by atoms with E-state index in [1.807, 2.05) is 30.3 Å². The average molecular weight is 294 g/mol. The van der Waals surface area contributed by atoms with Gasteiger partial charge in [-0.2, -0.15) is 0 Å². The first-order valence-electron chi connectivity index (χ1n) is 6.62. The van der Waals surface area contributed by atoms with Gasteiger partial charge in [-0.25, -0.2) is 4.98 Å². The molecule has 21 heavy (non-hydrogen) atoms. The summed E-state index contributed by atoms with van der Waals surface area (Å²) < 4.78 is 1.24. The van der Waals surface area contributed by atoms with Gasteiger partial charge in [0.1, 0.15) is 5.82 Å². The summed E-state index contributed by atoms with van der Waals surface area (Å²) in [7, 11) is 0. The number of carbonyl (C=O) groups excluding carboxylic acids is 1. The minimum Gasteiger partial charge on any atom is -0.307 e. The second-order valence-corrected chi connectivity index (χ2v) is 5.71. The van der Waals surface area contributed by atoms with Crippen molar-refractivity contribution in [2.45, 2.75) is 6.92 Å². The number of hydrogen-bond acceptors (Lipinski definition) is 3. The van der Waals surface area contributed by atoms with E-state index in [4.69, 9.17) is 0 Å². The number of hydrogen-bond donors (Lipinski definition) is 1. The van der Waals surface area contributed by atoms with Gasteiger partial charge >= 0.3 is 0 Å². The Hall–Kier alpha value is -2.46. The van der Waals surface area contributed by atoms with Crippen molar-refractivity contribution in [2.24, 2.45) is 0 Å². The van der Waals surface area contributed by atoms with Crippen LogP contribution in [0.1, 0.15) is 10.4 Å². The number of thiophene rings is 1. The van der Waals surface area contributed by atoms with Crippen LogP contribution >= 0.6 is 11.3 Å². The fraction of sp³-hybridized carbons (Fsp3) is 0.0588. The molecule has 2 aromatic heterocycles. The van der Waals surface area contributed by atoms with Crippen LogP contribution in [0.4, 0.5) is 5.82 Å². The number of anilines is 1. The minimum atomic E-state index is -0.175. The number of amides is 1. The Morgan fingerprint density at radius 3 is 2.76 bits per heavy atom. The Bertz CT molecular complexity index is 806. The fourth-order valence-corrected chi connectivity index (χ4v) is 3.22. The molecular formula is C17H14N2OS. The number of pyridine rings is 1. The van der Waals surface area contributed by atoms with Gasteiger partial charge in [0.25, 0.3) is 0 Å². The highest BCUT2D eigenvalue weighted by Crippen LogP contribution is 2.31. The van der Waals surface area contributed by atoms with E-state index in [2.05, 4.69) is 29.4 Å². The van der Waals surface area contributed by atoms with Crippen LogP contribution in [0.15, 0.2) is 54.7 Å². The lowest BCUT2D eigenvalue weighted by Crippen LogP contribution is -2.08. The molecule has 0 saturated heterocycles. The van der Waals surface area contributed by atoms with Crippen LogP contribution in [0, 0.1) is 6.92 Å². The summed E-state index contributed by atoms with van der Waals surface area (Å²) in [6.45, 7) is 2.08. The van der Waals surface area contributed by atoms with E-state index in [1.165, 1.54) is 15.6 Å². The molecule has 3 rings (SSSR count). The van der Waals surface area contributed by atoms with Crippen LogP contribution in [-0.2, 0) is 4.79 Å². The summed E-state index contributed by atoms with van der Waals surface area (Å²) in [4.78, 5) is 17.0. The molecule has 4 heteroatoms. The van der Waals surface area contributed by atoms with Gasteiger partial charge in [-0.05, 0) is 42.1 Å². The molecule has 3 aromatic rings. The van der Waals surface area contributed by atoms with Gasteiger partial charge in [0.05, 0.1) is 0 Å². The average Bonchev–Trinajstić information content (AvgIpc) is 2.83. The standard InChI is InChI=1S/C17H14N2OS/c1-12-13-6-2-3-7-15(13)21-14(12)9-10-17(20)19-16-8-4-5-11-18-16/h2-11H,1H3,(H,18,19,20). The van der Waals surface area contributed by atoms with E-state index in [0.29, 0.717) is 5.82 Å². The Kier molecular flexibility index (Phi) is 3.79. The molecule has 0 bridgehead atoms. The number of rotatable bonds is 3. The van der Waals surface area contributed by atoms with E-state index in [1.54, 1.807) is 29.7 Å². The summed E-state index contributed by atoms with van der Waals surface area (Å²) in [5.41, 5.74) is 1.21. The van der Waals surface area contributed by atoms with Crippen molar-refractivity contribution < 1.29 is 4.79 Å². The highest BCUT2D eigenvalue weighted by molar-refractivity contribution is 7.20. The second-order valence-electron chi connectivity index (χ2n) is 4.63. The lowest BCUT2D eigenvalue weighted by Gasteiger charge is -1.99. The largest absolute Gasteiger partial charge is 0.307 e. The zero-order valence-corrected chi connectivity index (χ0v) is 12.4. The minimum absolute atomic E-state index is 0.175. The third-order valence-electron chi connectivity index (χ3n) is 3.18. The molecule has 0 atom stereocenters. The van der Waals surface area contributed by atoms with E-state index >= 15 is 0 Å². The Balaban J connectivity index is 1.78. The van der Waals surface area contributed by atoms with E-state index in [-0.39, 0.29) is 5.91 Å². The first-order chi connectivity index (χ1) is 10.2. The van der Waals surface area contributed by atoms with Gasteiger partial charge in [-0.3, -0.25) is 4.79 Å². The number of nitrogens with one attached hydrogen (secondary N) is 1. The third-order valence-corrected chi connectivity index (χ3v) is 4.42. The summed E-state index contributed by atoms with van der Waals surface area (Å²) in [6.07, 6.45) is 5.06. The molecule has 0 radical (unpaired) electrons. The maximum absolute atomic E-state index is 11.9. The molecule has 0 spiro atoms. The molecule has 0 aliphatic carbocycles. The summed E-state index contributed by atoms with van der Waals surface area (Å²) >= 11 is 1.69. The van der Waals surface area contributed by atoms with Gasteiger partial charge in [0.15, 0.2) is 0 Å². The third kappa shape index (κ3) is 3.01. The van der Waals surface area contributed by atoms with Crippen molar-refractivity contribution in [2.75, 3.05) is 5.32 Å². The van der Waals surface area contributed by atoms with Crippen LogP contribution in [0.2, 0.25) is 0 Å². The molecule has 0 saturated carbocycles. The molecule has 0 aliphatic heterocycles. The van der Waals surface area contributed by atoms with Crippen LogP contribution in [-0.4, -0.2) is 10.9 Å². The Morgan fingerprint density at radius 2 is 2.00 bits per heavy atom. The van der Waals surface area contributed by atoms with Gasteiger partial charge in [0.2, 0.25) is 5.91 Å².